The van der Waals surface area contributed by atoms with Crippen LogP contribution in [0.4, 0.5) is 0 Å². The van der Waals surface area contributed by atoms with Crippen LogP contribution >= 0.6 is 0 Å². The average molecular weight is 347 g/mol. The van der Waals surface area contributed by atoms with Gasteiger partial charge in [-0.25, -0.2) is 4.79 Å². The lowest BCUT2D eigenvalue weighted by atomic mass is 9.81. The van der Waals surface area contributed by atoms with Crippen LogP contribution in [0.2, 0.25) is 0 Å². The van der Waals surface area contributed by atoms with Gasteiger partial charge < -0.3 is 19.5 Å². The molecular weight excluding hydrogens is 326 g/mol. The molecule has 2 rings (SSSR count). The first-order chi connectivity index (χ1) is 11.9. The molecule has 7 heteroatoms. The van der Waals surface area contributed by atoms with Crippen LogP contribution in [-0.4, -0.2) is 36.8 Å². The minimum absolute atomic E-state index is 0.281. The average Bonchev–Trinajstić information content (AvgIpc) is 2.53. The van der Waals surface area contributed by atoms with E-state index in [0.717, 1.165) is 0 Å². The third kappa shape index (κ3) is 4.59. The summed E-state index contributed by atoms with van der Waals surface area (Å²) in [7, 11) is 1.28. The molecule has 1 fully saturated rings. The maximum absolute atomic E-state index is 12.1. The fourth-order valence-electron chi connectivity index (χ4n) is 2.78. The number of ether oxygens (including phenoxy) is 3. The molecule has 1 aromatic rings. The van der Waals surface area contributed by atoms with Gasteiger partial charge in [0.1, 0.15) is 11.7 Å². The summed E-state index contributed by atoms with van der Waals surface area (Å²) in [6, 6.07) is 8.48. The fraction of sp³-hybridized carbons (Fsp3) is 0.389. The van der Waals surface area contributed by atoms with E-state index < -0.39 is 23.6 Å². The Hall–Kier alpha value is -2.83. The molecule has 1 amide bonds. The van der Waals surface area contributed by atoms with Crippen LogP contribution in [-0.2, 0) is 23.9 Å². The van der Waals surface area contributed by atoms with Crippen molar-refractivity contribution in [2.24, 2.45) is 5.92 Å². The molecule has 1 aliphatic rings. The van der Waals surface area contributed by atoms with Crippen molar-refractivity contribution in [2.75, 3.05) is 7.11 Å². The van der Waals surface area contributed by atoms with Crippen molar-refractivity contribution in [1.29, 1.82) is 0 Å². The molecule has 0 aliphatic carbocycles. The Labute approximate surface area is 145 Å². The van der Waals surface area contributed by atoms with Crippen molar-refractivity contribution in [3.63, 3.8) is 0 Å². The molecule has 0 spiro atoms. The second-order valence-corrected chi connectivity index (χ2v) is 5.78. The van der Waals surface area contributed by atoms with E-state index >= 15 is 0 Å². The molecule has 3 unspecified atom stereocenters. The molecule has 1 heterocycles. The number of β-lactam (4-membered cyclic amide) rings is 1. The van der Waals surface area contributed by atoms with Crippen molar-refractivity contribution >= 4 is 17.8 Å². The first-order valence-electron chi connectivity index (χ1n) is 7.84. The monoisotopic (exact) mass is 347 g/mol. The second kappa shape index (κ2) is 7.83. The van der Waals surface area contributed by atoms with Gasteiger partial charge in [0.15, 0.2) is 0 Å². The van der Waals surface area contributed by atoms with Crippen molar-refractivity contribution in [2.45, 2.75) is 32.1 Å². The van der Waals surface area contributed by atoms with E-state index in [1.807, 2.05) is 6.07 Å². The van der Waals surface area contributed by atoms with Crippen LogP contribution in [0.15, 0.2) is 42.5 Å². The predicted molar refractivity (Wildman–Crippen MR) is 88.4 cm³/mol. The Kier molecular flexibility index (Phi) is 5.80. The standard InChI is InChI=1S/C18H21NO6/c1-12(20)24-18(2,25-13-8-5-4-6-9-13)16-14(19-17(16)22)10-7-11-15(21)23-3/h4-9,11,14,16H,10H2,1-3H3,(H,19,22). The maximum Gasteiger partial charge on any atom is 0.330 e. The molecule has 1 saturated heterocycles. The first kappa shape index (κ1) is 18.5. The lowest BCUT2D eigenvalue weighted by molar-refractivity contribution is -0.220. The normalized spacial score (nSPS) is 21.6. The van der Waals surface area contributed by atoms with Crippen molar-refractivity contribution in [3.05, 3.63) is 42.5 Å². The van der Waals surface area contributed by atoms with E-state index in [-0.39, 0.29) is 11.9 Å². The Morgan fingerprint density at radius 3 is 2.52 bits per heavy atom. The molecule has 1 aromatic carbocycles. The van der Waals surface area contributed by atoms with Gasteiger partial charge in [0.25, 0.3) is 5.79 Å². The zero-order valence-electron chi connectivity index (χ0n) is 14.4. The van der Waals surface area contributed by atoms with Crippen molar-refractivity contribution in [3.8, 4) is 5.75 Å². The molecule has 1 N–H and O–H groups in total. The molecule has 1 aliphatic heterocycles. The number of esters is 2. The topological polar surface area (TPSA) is 90.9 Å². The summed E-state index contributed by atoms with van der Waals surface area (Å²) in [6.07, 6.45) is 3.25. The van der Waals surface area contributed by atoms with Gasteiger partial charge >= 0.3 is 11.9 Å². The number of hydrogen-bond donors (Lipinski definition) is 1. The third-order valence-electron chi connectivity index (χ3n) is 3.83. The van der Waals surface area contributed by atoms with Crippen LogP contribution in [0, 0.1) is 5.92 Å². The summed E-state index contributed by atoms with van der Waals surface area (Å²) in [4.78, 5) is 34.8. The highest BCUT2D eigenvalue weighted by atomic mass is 16.7. The van der Waals surface area contributed by atoms with Crippen LogP contribution in [0.3, 0.4) is 0 Å². The van der Waals surface area contributed by atoms with Gasteiger partial charge in [-0.3, -0.25) is 9.59 Å². The van der Waals surface area contributed by atoms with Crippen LogP contribution < -0.4 is 10.1 Å². The summed E-state index contributed by atoms with van der Waals surface area (Å²) in [5.74, 6) is -3.00. The van der Waals surface area contributed by atoms with Gasteiger partial charge in [-0.05, 0) is 18.6 Å². The minimum Gasteiger partial charge on any atom is -0.466 e. The quantitative estimate of drug-likeness (QED) is 0.348. The van der Waals surface area contributed by atoms with Gasteiger partial charge in [0, 0.05) is 19.9 Å². The van der Waals surface area contributed by atoms with Gasteiger partial charge in [0.05, 0.1) is 13.2 Å². The van der Waals surface area contributed by atoms with Crippen molar-refractivity contribution in [1.82, 2.24) is 5.32 Å². The molecule has 0 radical (unpaired) electrons. The summed E-state index contributed by atoms with van der Waals surface area (Å²) in [5.41, 5.74) is 0. The molecule has 0 aromatic heterocycles. The summed E-state index contributed by atoms with van der Waals surface area (Å²) >= 11 is 0. The van der Waals surface area contributed by atoms with Gasteiger partial charge in [0.2, 0.25) is 5.91 Å². The number of methoxy groups -OCH3 is 1. The highest BCUT2D eigenvalue weighted by molar-refractivity contribution is 5.87. The smallest absolute Gasteiger partial charge is 0.330 e. The van der Waals surface area contributed by atoms with Gasteiger partial charge in [-0.2, -0.15) is 0 Å². The zero-order valence-corrected chi connectivity index (χ0v) is 14.4. The van der Waals surface area contributed by atoms with E-state index in [4.69, 9.17) is 9.47 Å². The van der Waals surface area contributed by atoms with E-state index in [1.54, 1.807) is 37.3 Å². The Balaban J connectivity index is 2.17. The molecule has 134 valence electrons. The van der Waals surface area contributed by atoms with Crippen molar-refractivity contribution < 1.29 is 28.6 Å². The molecule has 0 bridgehead atoms. The number of nitrogens with one attached hydrogen (secondary N) is 1. The number of benzene rings is 1. The van der Waals surface area contributed by atoms with Gasteiger partial charge in [-0.15, -0.1) is 0 Å². The predicted octanol–water partition coefficient (Wildman–Crippen LogP) is 1.58. The molecule has 0 saturated carbocycles. The summed E-state index contributed by atoms with van der Waals surface area (Å²) in [6.45, 7) is 2.82. The molecule has 25 heavy (non-hydrogen) atoms. The number of para-hydroxylation sites is 1. The fourth-order valence-corrected chi connectivity index (χ4v) is 2.78. The maximum atomic E-state index is 12.1. The summed E-state index contributed by atoms with van der Waals surface area (Å²) < 4.78 is 15.7. The van der Waals surface area contributed by atoms with E-state index in [1.165, 1.54) is 20.1 Å². The number of rotatable bonds is 7. The zero-order chi connectivity index (χ0) is 18.4. The molecule has 3 atom stereocenters. The van der Waals surface area contributed by atoms with Gasteiger partial charge in [-0.1, -0.05) is 24.3 Å². The Morgan fingerprint density at radius 2 is 1.96 bits per heavy atom. The minimum atomic E-state index is -1.46. The van der Waals surface area contributed by atoms with Crippen LogP contribution in [0.5, 0.6) is 5.75 Å². The highest BCUT2D eigenvalue weighted by Crippen LogP contribution is 2.35. The van der Waals surface area contributed by atoms with Crippen LogP contribution in [0.25, 0.3) is 0 Å². The Morgan fingerprint density at radius 1 is 1.28 bits per heavy atom. The SMILES string of the molecule is COC(=O)C=CCC1NC(=O)C1C(C)(OC(C)=O)Oc1ccccc1. The molecule has 7 nitrogen and oxygen atoms in total. The molecular formula is C18H21NO6. The Bertz CT molecular complexity index is 671. The lowest BCUT2D eigenvalue weighted by Crippen LogP contribution is -2.68. The number of carbonyl (C=O) groups is 3. The highest BCUT2D eigenvalue weighted by Gasteiger charge is 2.55. The van der Waals surface area contributed by atoms with E-state index in [0.29, 0.717) is 12.2 Å². The third-order valence-corrected chi connectivity index (χ3v) is 3.83. The number of carbonyl (C=O) groups excluding carboxylic acids is 3. The van der Waals surface area contributed by atoms with E-state index in [9.17, 15) is 14.4 Å². The van der Waals surface area contributed by atoms with Crippen LogP contribution in [0.1, 0.15) is 20.3 Å². The van der Waals surface area contributed by atoms with E-state index in [2.05, 4.69) is 10.1 Å². The largest absolute Gasteiger partial charge is 0.466 e. The second-order valence-electron chi connectivity index (χ2n) is 5.78. The number of amides is 1. The summed E-state index contributed by atoms with van der Waals surface area (Å²) in [5, 5.41) is 2.74. The lowest BCUT2D eigenvalue weighted by Gasteiger charge is -2.45. The number of hydrogen-bond acceptors (Lipinski definition) is 6. The first-order valence-corrected chi connectivity index (χ1v) is 7.84.